The van der Waals surface area contributed by atoms with Crippen molar-refractivity contribution < 1.29 is 4.79 Å². The summed E-state index contributed by atoms with van der Waals surface area (Å²) in [5.74, 6) is -0.105. The van der Waals surface area contributed by atoms with Gasteiger partial charge in [-0.1, -0.05) is 18.2 Å². The fraction of sp³-hybridized carbons (Fsp3) is 0.333. The van der Waals surface area contributed by atoms with Crippen LogP contribution in [0.2, 0.25) is 0 Å². The van der Waals surface area contributed by atoms with Crippen molar-refractivity contribution in [2.75, 3.05) is 13.1 Å². The summed E-state index contributed by atoms with van der Waals surface area (Å²) in [7, 11) is 0. The number of para-hydroxylation sites is 1. The molecule has 20 heavy (non-hydrogen) atoms. The number of nitrogens with two attached hydrogens (primary N) is 1. The Morgan fingerprint density at radius 1 is 1.30 bits per heavy atom. The van der Waals surface area contributed by atoms with Crippen LogP contribution in [0.1, 0.15) is 29.0 Å². The molecule has 0 aliphatic heterocycles. The van der Waals surface area contributed by atoms with E-state index in [1.165, 1.54) is 0 Å². The molecule has 0 aliphatic rings. The summed E-state index contributed by atoms with van der Waals surface area (Å²) in [4.78, 5) is 12.2. The van der Waals surface area contributed by atoms with E-state index in [9.17, 15) is 4.79 Å². The topological polar surface area (TPSA) is 72.9 Å². The highest BCUT2D eigenvalue weighted by Crippen LogP contribution is 2.12. The second-order valence-electron chi connectivity index (χ2n) is 4.67. The number of hydrogen-bond acceptors (Lipinski definition) is 3. The van der Waals surface area contributed by atoms with Crippen molar-refractivity contribution in [3.63, 3.8) is 0 Å². The van der Waals surface area contributed by atoms with Gasteiger partial charge in [0.2, 0.25) is 0 Å². The van der Waals surface area contributed by atoms with Crippen LogP contribution in [-0.4, -0.2) is 28.8 Å². The molecule has 0 spiro atoms. The first-order valence-corrected chi connectivity index (χ1v) is 6.82. The highest BCUT2D eigenvalue weighted by atomic mass is 16.2. The van der Waals surface area contributed by atoms with Gasteiger partial charge in [0.25, 0.3) is 5.91 Å². The van der Waals surface area contributed by atoms with Gasteiger partial charge in [-0.2, -0.15) is 5.10 Å². The number of nitrogens with zero attached hydrogens (tertiary/aromatic N) is 2. The number of aryl methyl sites for hydroxylation is 1. The molecule has 1 amide bonds. The van der Waals surface area contributed by atoms with E-state index < -0.39 is 0 Å². The Morgan fingerprint density at radius 3 is 2.75 bits per heavy atom. The summed E-state index contributed by atoms with van der Waals surface area (Å²) >= 11 is 0. The molecule has 1 heterocycles. The first-order chi connectivity index (χ1) is 9.72. The molecular weight excluding hydrogens is 252 g/mol. The van der Waals surface area contributed by atoms with Gasteiger partial charge in [0.05, 0.1) is 11.4 Å². The van der Waals surface area contributed by atoms with Crippen LogP contribution in [0.3, 0.4) is 0 Å². The van der Waals surface area contributed by atoms with Crippen LogP contribution in [0, 0.1) is 6.92 Å². The first-order valence-electron chi connectivity index (χ1n) is 6.82. The van der Waals surface area contributed by atoms with Crippen LogP contribution in [0.25, 0.3) is 5.69 Å². The molecule has 0 atom stereocenters. The number of benzene rings is 1. The number of hydrogen-bond donors (Lipinski definition) is 2. The molecule has 2 rings (SSSR count). The number of nitrogens with one attached hydrogen (secondary N) is 1. The van der Waals surface area contributed by atoms with Crippen LogP contribution < -0.4 is 11.1 Å². The lowest BCUT2D eigenvalue weighted by molar-refractivity contribution is 0.0945. The van der Waals surface area contributed by atoms with Gasteiger partial charge in [0, 0.05) is 6.54 Å². The van der Waals surface area contributed by atoms with E-state index in [2.05, 4.69) is 10.4 Å². The molecule has 0 bridgehead atoms. The normalized spacial score (nSPS) is 10.5. The third-order valence-corrected chi connectivity index (χ3v) is 2.98. The molecule has 5 heteroatoms. The highest BCUT2D eigenvalue weighted by Gasteiger charge is 2.14. The molecule has 2 aromatic rings. The summed E-state index contributed by atoms with van der Waals surface area (Å²) < 4.78 is 1.67. The standard InChI is InChI=1S/C15H20N4O/c1-12-11-14(15(20)17-10-6-5-9-16)19(18-12)13-7-3-2-4-8-13/h2-4,7-8,11H,5-6,9-10,16H2,1H3,(H,17,20). The van der Waals surface area contributed by atoms with Crippen LogP contribution in [-0.2, 0) is 0 Å². The van der Waals surface area contributed by atoms with E-state index in [0.717, 1.165) is 24.2 Å². The summed E-state index contributed by atoms with van der Waals surface area (Å²) in [5.41, 5.74) is 7.69. The lowest BCUT2D eigenvalue weighted by Crippen LogP contribution is -2.27. The zero-order chi connectivity index (χ0) is 14.4. The molecule has 1 aromatic carbocycles. The second-order valence-corrected chi connectivity index (χ2v) is 4.67. The van der Waals surface area contributed by atoms with Crippen molar-refractivity contribution in [1.29, 1.82) is 0 Å². The summed E-state index contributed by atoms with van der Waals surface area (Å²) in [5, 5.41) is 7.28. The van der Waals surface area contributed by atoms with E-state index in [-0.39, 0.29) is 5.91 Å². The minimum Gasteiger partial charge on any atom is -0.351 e. The SMILES string of the molecule is Cc1cc(C(=O)NCCCCN)n(-c2ccccc2)n1. The molecular formula is C15H20N4O. The minimum absolute atomic E-state index is 0.105. The maximum atomic E-state index is 12.2. The maximum absolute atomic E-state index is 12.2. The molecule has 0 aliphatic carbocycles. The largest absolute Gasteiger partial charge is 0.351 e. The lowest BCUT2D eigenvalue weighted by Gasteiger charge is -2.08. The quantitative estimate of drug-likeness (QED) is 0.785. The summed E-state index contributed by atoms with van der Waals surface area (Å²) in [6.07, 6.45) is 1.80. The molecule has 3 N–H and O–H groups in total. The molecule has 0 saturated heterocycles. The average molecular weight is 272 g/mol. The van der Waals surface area contributed by atoms with Crippen molar-refractivity contribution in [2.24, 2.45) is 5.73 Å². The van der Waals surface area contributed by atoms with Gasteiger partial charge in [-0.05, 0) is 44.5 Å². The van der Waals surface area contributed by atoms with E-state index in [1.807, 2.05) is 37.3 Å². The van der Waals surface area contributed by atoms with Gasteiger partial charge >= 0.3 is 0 Å². The fourth-order valence-electron chi connectivity index (χ4n) is 1.99. The third-order valence-electron chi connectivity index (χ3n) is 2.98. The first kappa shape index (κ1) is 14.3. The number of aromatic nitrogens is 2. The summed E-state index contributed by atoms with van der Waals surface area (Å²) in [6.45, 7) is 3.16. The maximum Gasteiger partial charge on any atom is 0.270 e. The van der Waals surface area contributed by atoms with E-state index in [4.69, 9.17) is 5.73 Å². The summed E-state index contributed by atoms with van der Waals surface area (Å²) in [6, 6.07) is 11.4. The molecule has 0 radical (unpaired) electrons. The van der Waals surface area contributed by atoms with Crippen LogP contribution in [0.15, 0.2) is 36.4 Å². The highest BCUT2D eigenvalue weighted by molar-refractivity contribution is 5.93. The minimum atomic E-state index is -0.105. The van der Waals surface area contributed by atoms with Crippen LogP contribution in [0.4, 0.5) is 0 Å². The average Bonchev–Trinajstić information content (AvgIpc) is 2.86. The van der Waals surface area contributed by atoms with Gasteiger partial charge in [-0.3, -0.25) is 4.79 Å². The number of unbranched alkanes of at least 4 members (excludes halogenated alkanes) is 1. The molecule has 0 saturated carbocycles. The fourth-order valence-corrected chi connectivity index (χ4v) is 1.99. The van der Waals surface area contributed by atoms with E-state index >= 15 is 0 Å². The number of carbonyl (C=O) groups excluding carboxylic acids is 1. The van der Waals surface area contributed by atoms with E-state index in [0.29, 0.717) is 18.8 Å². The zero-order valence-electron chi connectivity index (χ0n) is 11.7. The Balaban J connectivity index is 2.14. The van der Waals surface area contributed by atoms with Crippen molar-refractivity contribution in [2.45, 2.75) is 19.8 Å². The predicted octanol–water partition coefficient (Wildman–Crippen LogP) is 1.65. The van der Waals surface area contributed by atoms with E-state index in [1.54, 1.807) is 10.7 Å². The van der Waals surface area contributed by atoms with Gasteiger partial charge in [-0.15, -0.1) is 0 Å². The molecule has 106 valence electrons. The van der Waals surface area contributed by atoms with Gasteiger partial charge in [0.1, 0.15) is 5.69 Å². The number of amides is 1. The molecule has 1 aromatic heterocycles. The third kappa shape index (κ3) is 3.45. The van der Waals surface area contributed by atoms with Crippen molar-refractivity contribution in [3.05, 3.63) is 47.8 Å². The van der Waals surface area contributed by atoms with Gasteiger partial charge in [0.15, 0.2) is 0 Å². The van der Waals surface area contributed by atoms with Crippen LogP contribution in [0.5, 0.6) is 0 Å². The Kier molecular flexibility index (Phi) is 4.90. The smallest absolute Gasteiger partial charge is 0.270 e. The second kappa shape index (κ2) is 6.86. The molecule has 5 nitrogen and oxygen atoms in total. The molecule has 0 unspecified atom stereocenters. The Hall–Kier alpha value is -2.14. The monoisotopic (exact) mass is 272 g/mol. The van der Waals surface area contributed by atoms with Crippen molar-refractivity contribution in [3.8, 4) is 5.69 Å². The van der Waals surface area contributed by atoms with Crippen molar-refractivity contribution >= 4 is 5.91 Å². The van der Waals surface area contributed by atoms with Gasteiger partial charge in [-0.25, -0.2) is 4.68 Å². The molecule has 0 fully saturated rings. The van der Waals surface area contributed by atoms with Crippen molar-refractivity contribution in [1.82, 2.24) is 15.1 Å². The Labute approximate surface area is 118 Å². The number of rotatable bonds is 6. The van der Waals surface area contributed by atoms with Gasteiger partial charge < -0.3 is 11.1 Å². The predicted molar refractivity (Wildman–Crippen MR) is 78.9 cm³/mol. The lowest BCUT2D eigenvalue weighted by atomic mass is 10.3. The zero-order valence-corrected chi connectivity index (χ0v) is 11.7. The van der Waals surface area contributed by atoms with Crippen LogP contribution >= 0.6 is 0 Å². The Bertz CT molecular complexity index is 563. The Morgan fingerprint density at radius 2 is 2.05 bits per heavy atom. The number of carbonyl (C=O) groups is 1.